The Hall–Kier alpha value is -6.44. The molecule has 14 heteroatoms. The van der Waals surface area contributed by atoms with Crippen LogP contribution in [0.1, 0.15) is 49.8 Å². The SMILES string of the molecule is C=CCOC(=O)CN(CCNC(=O)OCC1c2ccccc2-c2ccccc21)C(=O)CCN(C(=O)OC(C)(C)C)c1ccc(OCc2ccc(OC)cc2)nn1. The van der Waals surface area contributed by atoms with Gasteiger partial charge in [-0.15, -0.1) is 10.2 Å². The summed E-state index contributed by atoms with van der Waals surface area (Å²) >= 11 is 0. The van der Waals surface area contributed by atoms with Crippen LogP contribution < -0.4 is 19.7 Å². The molecule has 294 valence electrons. The zero-order valence-electron chi connectivity index (χ0n) is 32.1. The molecule has 0 aliphatic heterocycles. The van der Waals surface area contributed by atoms with Crippen molar-refractivity contribution < 1.29 is 42.9 Å². The monoisotopic (exact) mass is 765 g/mol. The molecular weight excluding hydrogens is 718 g/mol. The van der Waals surface area contributed by atoms with Crippen molar-refractivity contribution in [3.8, 4) is 22.8 Å². The minimum atomic E-state index is -0.847. The standard InChI is InChI=1S/C42H47N5O9/c1-6-25-53-39(49)26-46(24-22-43-40(50)55-28-35-33-13-9-7-11-31(33)32-12-8-10-14-34(32)35)38(48)21-23-47(41(51)56-42(2,3)4)36-19-20-37(45-44-36)54-27-29-15-17-30(52-5)18-16-29/h6-20,35H,1,21-28H2,2-5H3,(H,43,50). The zero-order chi connectivity index (χ0) is 40.1. The molecule has 3 aromatic carbocycles. The van der Waals surface area contributed by atoms with Crippen LogP contribution in [-0.2, 0) is 30.4 Å². The molecule has 0 spiro atoms. The van der Waals surface area contributed by atoms with Gasteiger partial charge in [-0.25, -0.2) is 9.59 Å². The van der Waals surface area contributed by atoms with Crippen LogP contribution in [-0.4, -0.2) is 91.3 Å². The lowest BCUT2D eigenvalue weighted by Crippen LogP contribution is -2.44. The molecular formula is C42H47N5O9. The first-order valence-corrected chi connectivity index (χ1v) is 18.2. The number of amides is 3. The highest BCUT2D eigenvalue weighted by Crippen LogP contribution is 2.44. The number of nitrogens with zero attached hydrogens (tertiary/aromatic N) is 4. The summed E-state index contributed by atoms with van der Waals surface area (Å²) in [6.45, 7) is 8.40. The van der Waals surface area contributed by atoms with Crippen LogP contribution in [0.4, 0.5) is 15.4 Å². The Balaban J connectivity index is 1.19. The molecule has 14 nitrogen and oxygen atoms in total. The summed E-state index contributed by atoms with van der Waals surface area (Å²) < 4.78 is 27.3. The number of hydrogen-bond donors (Lipinski definition) is 1. The van der Waals surface area contributed by atoms with E-state index in [2.05, 4.69) is 34.2 Å². The van der Waals surface area contributed by atoms with Crippen molar-refractivity contribution in [3.05, 3.63) is 114 Å². The van der Waals surface area contributed by atoms with E-state index in [0.717, 1.165) is 33.6 Å². The third-order valence-corrected chi connectivity index (χ3v) is 8.64. The van der Waals surface area contributed by atoms with Gasteiger partial charge in [0.25, 0.3) is 0 Å². The Morgan fingerprint density at radius 3 is 2.14 bits per heavy atom. The van der Waals surface area contributed by atoms with Gasteiger partial charge in [0.2, 0.25) is 11.8 Å². The van der Waals surface area contributed by atoms with E-state index >= 15 is 0 Å². The van der Waals surface area contributed by atoms with Crippen LogP contribution in [0, 0.1) is 0 Å². The number of anilines is 1. The summed E-state index contributed by atoms with van der Waals surface area (Å²) in [5, 5.41) is 11.0. The Labute approximate surface area is 326 Å². The number of aromatic nitrogens is 2. The van der Waals surface area contributed by atoms with E-state index in [0.29, 0.717) is 0 Å². The number of ether oxygens (including phenoxy) is 5. The molecule has 1 N–H and O–H groups in total. The topological polar surface area (TPSA) is 159 Å². The predicted molar refractivity (Wildman–Crippen MR) is 208 cm³/mol. The summed E-state index contributed by atoms with van der Waals surface area (Å²) in [4.78, 5) is 54.8. The zero-order valence-corrected chi connectivity index (χ0v) is 32.1. The molecule has 0 bridgehead atoms. The second-order valence-electron chi connectivity index (χ2n) is 13.8. The van der Waals surface area contributed by atoms with Crippen molar-refractivity contribution in [2.45, 2.75) is 45.3 Å². The van der Waals surface area contributed by atoms with Crippen molar-refractivity contribution in [1.82, 2.24) is 20.4 Å². The lowest BCUT2D eigenvalue weighted by Gasteiger charge is -2.27. The van der Waals surface area contributed by atoms with Gasteiger partial charge in [-0.3, -0.25) is 14.5 Å². The third-order valence-electron chi connectivity index (χ3n) is 8.64. The first-order valence-electron chi connectivity index (χ1n) is 18.2. The van der Waals surface area contributed by atoms with Gasteiger partial charge in [-0.1, -0.05) is 73.3 Å². The second kappa shape index (κ2) is 19.2. The molecule has 4 aromatic rings. The highest BCUT2D eigenvalue weighted by molar-refractivity contribution is 5.88. The Morgan fingerprint density at radius 2 is 1.54 bits per heavy atom. The predicted octanol–water partition coefficient (Wildman–Crippen LogP) is 6.29. The average molecular weight is 766 g/mol. The van der Waals surface area contributed by atoms with Gasteiger partial charge < -0.3 is 33.9 Å². The van der Waals surface area contributed by atoms with Crippen LogP contribution in [0.2, 0.25) is 0 Å². The first kappa shape index (κ1) is 40.7. The van der Waals surface area contributed by atoms with Crippen molar-refractivity contribution in [2.24, 2.45) is 0 Å². The number of esters is 1. The molecule has 3 amide bonds. The maximum atomic E-state index is 13.6. The fourth-order valence-electron chi connectivity index (χ4n) is 5.98. The van der Waals surface area contributed by atoms with E-state index in [1.807, 2.05) is 60.7 Å². The smallest absolute Gasteiger partial charge is 0.416 e. The van der Waals surface area contributed by atoms with Gasteiger partial charge in [-0.05, 0) is 66.8 Å². The number of methoxy groups -OCH3 is 1. The van der Waals surface area contributed by atoms with Gasteiger partial charge in [0.1, 0.15) is 37.7 Å². The van der Waals surface area contributed by atoms with Gasteiger partial charge >= 0.3 is 18.2 Å². The number of fused-ring (bicyclic) bond motifs is 3. The number of hydrogen-bond acceptors (Lipinski definition) is 11. The molecule has 0 radical (unpaired) electrons. The maximum absolute atomic E-state index is 13.6. The summed E-state index contributed by atoms with van der Waals surface area (Å²) in [5.41, 5.74) is 4.42. The molecule has 1 heterocycles. The maximum Gasteiger partial charge on any atom is 0.416 e. The molecule has 0 saturated heterocycles. The normalized spacial score (nSPS) is 11.7. The lowest BCUT2D eigenvalue weighted by atomic mass is 9.98. The molecule has 1 aromatic heterocycles. The second-order valence-corrected chi connectivity index (χ2v) is 13.8. The molecule has 0 unspecified atom stereocenters. The van der Waals surface area contributed by atoms with Crippen LogP contribution >= 0.6 is 0 Å². The molecule has 0 atom stereocenters. The summed E-state index contributed by atoms with van der Waals surface area (Å²) in [6.07, 6.45) is -0.228. The van der Waals surface area contributed by atoms with Gasteiger partial charge in [0.05, 0.1) is 7.11 Å². The van der Waals surface area contributed by atoms with Crippen LogP contribution in [0.25, 0.3) is 11.1 Å². The van der Waals surface area contributed by atoms with Crippen LogP contribution in [0.5, 0.6) is 11.6 Å². The molecule has 1 aliphatic carbocycles. The largest absolute Gasteiger partial charge is 0.497 e. The van der Waals surface area contributed by atoms with Gasteiger partial charge in [0.15, 0.2) is 5.82 Å². The van der Waals surface area contributed by atoms with Gasteiger partial charge in [0, 0.05) is 38.0 Å². The number of nitrogens with one attached hydrogen (secondary N) is 1. The average Bonchev–Trinajstić information content (AvgIpc) is 3.51. The van der Waals surface area contributed by atoms with E-state index in [1.54, 1.807) is 33.9 Å². The molecule has 0 saturated carbocycles. The van der Waals surface area contributed by atoms with Crippen molar-refractivity contribution in [2.75, 3.05) is 51.4 Å². The number of rotatable bonds is 17. The minimum Gasteiger partial charge on any atom is -0.497 e. The Morgan fingerprint density at radius 1 is 0.857 bits per heavy atom. The van der Waals surface area contributed by atoms with E-state index < -0.39 is 36.2 Å². The third kappa shape index (κ3) is 11.3. The Bertz CT molecular complexity index is 1930. The number of carbonyl (C=O) groups is 4. The summed E-state index contributed by atoms with van der Waals surface area (Å²) in [6, 6.07) is 26.5. The quantitative estimate of drug-likeness (QED) is 0.0732. The molecule has 0 fully saturated rings. The summed E-state index contributed by atoms with van der Waals surface area (Å²) in [5.74, 6) is -0.211. The molecule has 56 heavy (non-hydrogen) atoms. The van der Waals surface area contributed by atoms with E-state index in [4.69, 9.17) is 23.7 Å². The van der Waals surface area contributed by atoms with E-state index in [9.17, 15) is 19.2 Å². The highest BCUT2D eigenvalue weighted by atomic mass is 16.6. The lowest BCUT2D eigenvalue weighted by molar-refractivity contribution is -0.148. The summed E-state index contributed by atoms with van der Waals surface area (Å²) in [7, 11) is 1.59. The van der Waals surface area contributed by atoms with E-state index in [-0.39, 0.29) is 63.5 Å². The number of benzene rings is 3. The number of carbonyl (C=O) groups excluding carboxylic acids is 4. The number of alkyl carbamates (subject to hydrolysis) is 1. The fraction of sp³-hybridized carbons (Fsp3) is 0.333. The van der Waals surface area contributed by atoms with Crippen molar-refractivity contribution in [3.63, 3.8) is 0 Å². The van der Waals surface area contributed by atoms with Crippen LogP contribution in [0.3, 0.4) is 0 Å². The molecule has 5 rings (SSSR count). The fourth-order valence-corrected chi connectivity index (χ4v) is 5.98. The van der Waals surface area contributed by atoms with Crippen molar-refractivity contribution in [1.29, 1.82) is 0 Å². The first-order chi connectivity index (χ1) is 27.0. The highest BCUT2D eigenvalue weighted by Gasteiger charge is 2.30. The van der Waals surface area contributed by atoms with Crippen LogP contribution in [0.15, 0.2) is 97.6 Å². The van der Waals surface area contributed by atoms with Crippen molar-refractivity contribution >= 4 is 29.9 Å². The minimum absolute atomic E-state index is 0.0175. The molecule has 1 aliphatic rings. The van der Waals surface area contributed by atoms with E-state index in [1.165, 1.54) is 21.9 Å². The van der Waals surface area contributed by atoms with Gasteiger partial charge in [-0.2, -0.15) is 0 Å². The Kier molecular flexibility index (Phi) is 14.0.